The Bertz CT molecular complexity index is 751. The van der Waals surface area contributed by atoms with Gasteiger partial charge in [-0.15, -0.1) is 0 Å². The number of ether oxygens (including phenoxy) is 2. The number of anilines is 1. The van der Waals surface area contributed by atoms with E-state index in [4.69, 9.17) is 21.1 Å². The lowest BCUT2D eigenvalue weighted by atomic mass is 10.1. The standard InChI is InChI=1S/C19H19ClFNO3/c1-24-15-5-2-13(3-6-15)12-25-19-11-22(9-8-18(19)23)17-7-4-14(20)10-16(17)21/h2-7,10,19H,8-9,11-12H2,1H3/t19-/m0/s1. The SMILES string of the molecule is COc1ccc(CO[C@H]2CN(c3ccc(Cl)cc3F)CCC2=O)cc1. The van der Waals surface area contributed by atoms with E-state index in [1.54, 1.807) is 19.2 Å². The summed E-state index contributed by atoms with van der Waals surface area (Å²) in [5.74, 6) is 0.414. The van der Waals surface area contributed by atoms with Gasteiger partial charge < -0.3 is 14.4 Å². The van der Waals surface area contributed by atoms with Crippen LogP contribution in [0, 0.1) is 5.82 Å². The van der Waals surface area contributed by atoms with E-state index >= 15 is 0 Å². The van der Waals surface area contributed by atoms with E-state index in [1.165, 1.54) is 6.07 Å². The first-order chi connectivity index (χ1) is 12.1. The third kappa shape index (κ3) is 4.30. The summed E-state index contributed by atoms with van der Waals surface area (Å²) in [5.41, 5.74) is 1.39. The number of carbonyl (C=O) groups excluding carboxylic acids is 1. The number of rotatable bonds is 5. The summed E-state index contributed by atoms with van der Waals surface area (Å²) >= 11 is 5.80. The van der Waals surface area contributed by atoms with Crippen molar-refractivity contribution in [1.82, 2.24) is 0 Å². The fourth-order valence-corrected chi connectivity index (χ4v) is 2.98. The van der Waals surface area contributed by atoms with Crippen LogP contribution in [0.25, 0.3) is 0 Å². The minimum atomic E-state index is -0.578. The van der Waals surface area contributed by atoms with E-state index in [1.807, 2.05) is 29.2 Å². The van der Waals surface area contributed by atoms with Crippen LogP contribution in [-0.2, 0) is 16.1 Å². The van der Waals surface area contributed by atoms with Crippen molar-refractivity contribution < 1.29 is 18.7 Å². The van der Waals surface area contributed by atoms with Crippen molar-refractivity contribution in [1.29, 1.82) is 0 Å². The van der Waals surface area contributed by atoms with Crippen molar-refractivity contribution >= 4 is 23.1 Å². The van der Waals surface area contributed by atoms with Gasteiger partial charge in [0, 0.05) is 18.0 Å². The van der Waals surface area contributed by atoms with Crippen molar-refractivity contribution in [2.45, 2.75) is 19.1 Å². The molecular formula is C19H19ClFNO3. The molecule has 0 unspecified atom stereocenters. The first-order valence-corrected chi connectivity index (χ1v) is 8.42. The maximum atomic E-state index is 14.1. The van der Waals surface area contributed by atoms with Crippen LogP contribution in [0.1, 0.15) is 12.0 Å². The number of benzene rings is 2. The van der Waals surface area contributed by atoms with Crippen LogP contribution in [0.2, 0.25) is 5.02 Å². The van der Waals surface area contributed by atoms with Crippen LogP contribution >= 0.6 is 11.6 Å². The minimum absolute atomic E-state index is 0.0409. The van der Waals surface area contributed by atoms with Crippen molar-refractivity contribution in [3.05, 3.63) is 58.9 Å². The number of methoxy groups -OCH3 is 1. The zero-order valence-electron chi connectivity index (χ0n) is 13.9. The molecule has 2 aromatic rings. The number of hydrogen-bond acceptors (Lipinski definition) is 4. The molecule has 25 heavy (non-hydrogen) atoms. The van der Waals surface area contributed by atoms with Crippen LogP contribution in [0.3, 0.4) is 0 Å². The summed E-state index contributed by atoms with van der Waals surface area (Å²) in [6.07, 6.45) is -0.249. The summed E-state index contributed by atoms with van der Waals surface area (Å²) < 4.78 is 25.0. The molecule has 6 heteroatoms. The van der Waals surface area contributed by atoms with Gasteiger partial charge in [0.05, 0.1) is 25.9 Å². The lowest BCUT2D eigenvalue weighted by Gasteiger charge is -2.33. The van der Waals surface area contributed by atoms with Gasteiger partial charge >= 0.3 is 0 Å². The fraction of sp³-hybridized carbons (Fsp3) is 0.316. The van der Waals surface area contributed by atoms with E-state index in [0.29, 0.717) is 36.8 Å². The molecule has 0 spiro atoms. The molecule has 1 fully saturated rings. The van der Waals surface area contributed by atoms with Crippen LogP contribution in [0.15, 0.2) is 42.5 Å². The second kappa shape index (κ2) is 7.85. The highest BCUT2D eigenvalue weighted by molar-refractivity contribution is 6.30. The Morgan fingerprint density at radius 1 is 1.24 bits per heavy atom. The van der Waals surface area contributed by atoms with E-state index in [9.17, 15) is 9.18 Å². The fourth-order valence-electron chi connectivity index (χ4n) is 2.82. The summed E-state index contributed by atoms with van der Waals surface area (Å²) in [5, 5.41) is 0.349. The molecule has 0 aromatic heterocycles. The smallest absolute Gasteiger partial charge is 0.165 e. The van der Waals surface area contributed by atoms with Crippen LogP contribution in [0.5, 0.6) is 5.75 Å². The highest BCUT2D eigenvalue weighted by atomic mass is 35.5. The first-order valence-electron chi connectivity index (χ1n) is 8.04. The average molecular weight is 364 g/mol. The van der Waals surface area contributed by atoms with Crippen molar-refractivity contribution in [3.63, 3.8) is 0 Å². The highest BCUT2D eigenvalue weighted by Crippen LogP contribution is 2.26. The molecule has 4 nitrogen and oxygen atoms in total. The van der Waals surface area contributed by atoms with Gasteiger partial charge in [0.1, 0.15) is 17.7 Å². The Morgan fingerprint density at radius 3 is 2.68 bits per heavy atom. The number of hydrogen-bond donors (Lipinski definition) is 0. The van der Waals surface area contributed by atoms with E-state index < -0.39 is 11.9 Å². The second-order valence-electron chi connectivity index (χ2n) is 5.91. The topological polar surface area (TPSA) is 38.8 Å². The molecule has 1 aliphatic heterocycles. The Balaban J connectivity index is 1.65. The number of ketones is 1. The van der Waals surface area contributed by atoms with Gasteiger partial charge in [0.2, 0.25) is 0 Å². The quantitative estimate of drug-likeness (QED) is 0.808. The van der Waals surface area contributed by atoms with Gasteiger partial charge in [-0.1, -0.05) is 23.7 Å². The molecule has 1 aliphatic rings. The van der Waals surface area contributed by atoms with Gasteiger partial charge in [-0.3, -0.25) is 4.79 Å². The Labute approximate surface area is 151 Å². The second-order valence-corrected chi connectivity index (χ2v) is 6.34. The average Bonchev–Trinajstić information content (AvgIpc) is 2.62. The number of halogens is 2. The maximum Gasteiger partial charge on any atom is 0.165 e. The molecule has 0 saturated carbocycles. The third-order valence-corrected chi connectivity index (χ3v) is 4.47. The number of carbonyl (C=O) groups is 1. The monoisotopic (exact) mass is 363 g/mol. The van der Waals surface area contributed by atoms with Crippen molar-refractivity contribution in [2.75, 3.05) is 25.1 Å². The zero-order chi connectivity index (χ0) is 17.8. The van der Waals surface area contributed by atoms with Crippen LogP contribution < -0.4 is 9.64 Å². The molecule has 0 radical (unpaired) electrons. The molecule has 2 aromatic carbocycles. The molecule has 0 aliphatic carbocycles. The molecular weight excluding hydrogens is 345 g/mol. The lowest BCUT2D eigenvalue weighted by molar-refractivity contribution is -0.132. The molecule has 1 atom stereocenters. The molecule has 132 valence electrons. The third-order valence-electron chi connectivity index (χ3n) is 4.23. The number of nitrogens with zero attached hydrogens (tertiary/aromatic N) is 1. The predicted molar refractivity (Wildman–Crippen MR) is 94.8 cm³/mol. The lowest BCUT2D eigenvalue weighted by Crippen LogP contribution is -2.46. The maximum absolute atomic E-state index is 14.1. The Kier molecular flexibility index (Phi) is 5.56. The van der Waals surface area contributed by atoms with Gasteiger partial charge in [0.25, 0.3) is 0 Å². The molecule has 0 N–H and O–H groups in total. The van der Waals surface area contributed by atoms with Gasteiger partial charge in [-0.05, 0) is 35.9 Å². The summed E-state index contributed by atoms with van der Waals surface area (Å²) in [6, 6.07) is 12.0. The summed E-state index contributed by atoms with van der Waals surface area (Å²) in [4.78, 5) is 14.0. The van der Waals surface area contributed by atoms with Gasteiger partial charge in [-0.25, -0.2) is 4.39 Å². The molecule has 0 bridgehead atoms. The molecule has 0 amide bonds. The number of Topliss-reactive ketones (excluding diaryl/α,β-unsaturated/α-hetero) is 1. The highest BCUT2D eigenvalue weighted by Gasteiger charge is 2.29. The number of piperidine rings is 1. The van der Waals surface area contributed by atoms with Crippen LogP contribution in [0.4, 0.5) is 10.1 Å². The molecule has 3 rings (SSSR count). The largest absolute Gasteiger partial charge is 0.497 e. The zero-order valence-corrected chi connectivity index (χ0v) is 14.6. The van der Waals surface area contributed by atoms with Crippen molar-refractivity contribution in [3.8, 4) is 5.75 Å². The molecule has 1 heterocycles. The van der Waals surface area contributed by atoms with Crippen LogP contribution in [-0.4, -0.2) is 32.1 Å². The summed E-state index contributed by atoms with van der Waals surface area (Å²) in [7, 11) is 1.61. The van der Waals surface area contributed by atoms with Crippen molar-refractivity contribution in [2.24, 2.45) is 0 Å². The Hall–Kier alpha value is -2.11. The molecule has 1 saturated heterocycles. The summed E-state index contributed by atoms with van der Waals surface area (Å²) in [6.45, 7) is 1.12. The van der Waals surface area contributed by atoms with E-state index in [0.717, 1.165) is 11.3 Å². The predicted octanol–water partition coefficient (Wildman–Crippen LogP) is 3.85. The van der Waals surface area contributed by atoms with E-state index in [-0.39, 0.29) is 5.78 Å². The van der Waals surface area contributed by atoms with Gasteiger partial charge in [0.15, 0.2) is 5.78 Å². The van der Waals surface area contributed by atoms with Gasteiger partial charge in [-0.2, -0.15) is 0 Å². The minimum Gasteiger partial charge on any atom is -0.497 e. The van der Waals surface area contributed by atoms with E-state index in [2.05, 4.69) is 0 Å². The first kappa shape index (κ1) is 17.7. The Morgan fingerprint density at radius 2 is 2.00 bits per heavy atom. The normalized spacial score (nSPS) is 17.6.